The molecule has 0 aliphatic carbocycles. The second kappa shape index (κ2) is 5.19. The minimum Gasteiger partial charge on any atom is -0.467 e. The van der Waals surface area contributed by atoms with Gasteiger partial charge >= 0.3 is 0 Å². The Hall–Kier alpha value is -2.21. The Labute approximate surface area is 112 Å². The van der Waals surface area contributed by atoms with Gasteiger partial charge in [-0.2, -0.15) is 0 Å². The number of aromatic nitrogens is 2. The van der Waals surface area contributed by atoms with E-state index in [0.29, 0.717) is 11.7 Å². The molecule has 0 aliphatic heterocycles. The number of rotatable bonds is 4. The molecule has 0 radical (unpaired) electrons. The summed E-state index contributed by atoms with van der Waals surface area (Å²) in [5, 5.41) is 12.7. The van der Waals surface area contributed by atoms with Gasteiger partial charge in [0.2, 0.25) is 5.13 Å². The predicted molar refractivity (Wildman–Crippen MR) is 71.3 cm³/mol. The van der Waals surface area contributed by atoms with Gasteiger partial charge in [0.1, 0.15) is 16.6 Å². The molecule has 1 N–H and O–H groups in total. The van der Waals surface area contributed by atoms with Crippen molar-refractivity contribution in [1.82, 2.24) is 10.2 Å². The van der Waals surface area contributed by atoms with Gasteiger partial charge in [-0.25, -0.2) is 4.39 Å². The third-order valence-electron chi connectivity index (χ3n) is 2.51. The molecular formula is C13H10FN3OS. The minimum absolute atomic E-state index is 0.260. The zero-order valence-corrected chi connectivity index (χ0v) is 10.7. The lowest BCUT2D eigenvalue weighted by atomic mass is 10.2. The average molecular weight is 275 g/mol. The number of benzene rings is 1. The Morgan fingerprint density at radius 3 is 2.74 bits per heavy atom. The zero-order chi connectivity index (χ0) is 13.1. The number of furan rings is 1. The first kappa shape index (κ1) is 11.9. The molecule has 0 bridgehead atoms. The highest BCUT2D eigenvalue weighted by atomic mass is 32.1. The Balaban J connectivity index is 1.70. The van der Waals surface area contributed by atoms with E-state index in [1.807, 2.05) is 12.1 Å². The molecule has 0 spiro atoms. The Morgan fingerprint density at radius 1 is 1.16 bits per heavy atom. The molecule has 3 aromatic rings. The van der Waals surface area contributed by atoms with Crippen molar-refractivity contribution < 1.29 is 8.81 Å². The van der Waals surface area contributed by atoms with Crippen LogP contribution < -0.4 is 5.32 Å². The van der Waals surface area contributed by atoms with Crippen LogP contribution in [0.1, 0.15) is 5.76 Å². The van der Waals surface area contributed by atoms with Crippen molar-refractivity contribution in [2.24, 2.45) is 0 Å². The lowest BCUT2D eigenvalue weighted by Crippen LogP contribution is -1.96. The van der Waals surface area contributed by atoms with Crippen LogP contribution in [0, 0.1) is 5.82 Å². The quantitative estimate of drug-likeness (QED) is 0.791. The number of nitrogens with one attached hydrogen (secondary N) is 1. The Morgan fingerprint density at radius 2 is 2.00 bits per heavy atom. The second-order valence-electron chi connectivity index (χ2n) is 3.85. The molecule has 19 heavy (non-hydrogen) atoms. The molecular weight excluding hydrogens is 265 g/mol. The molecule has 1 aromatic carbocycles. The molecule has 0 atom stereocenters. The lowest BCUT2D eigenvalue weighted by molar-refractivity contribution is 0.518. The van der Waals surface area contributed by atoms with Crippen molar-refractivity contribution in [3.63, 3.8) is 0 Å². The number of hydrogen-bond acceptors (Lipinski definition) is 5. The highest BCUT2D eigenvalue weighted by molar-refractivity contribution is 7.18. The van der Waals surface area contributed by atoms with E-state index in [-0.39, 0.29) is 5.82 Å². The fourth-order valence-electron chi connectivity index (χ4n) is 1.58. The smallest absolute Gasteiger partial charge is 0.206 e. The molecule has 4 nitrogen and oxygen atoms in total. The predicted octanol–water partition coefficient (Wildman–Crippen LogP) is 3.55. The largest absolute Gasteiger partial charge is 0.467 e. The summed E-state index contributed by atoms with van der Waals surface area (Å²) in [5.41, 5.74) is 0.852. The lowest BCUT2D eigenvalue weighted by Gasteiger charge is -1.97. The van der Waals surface area contributed by atoms with Crippen molar-refractivity contribution >= 4 is 16.5 Å². The summed E-state index contributed by atoms with van der Waals surface area (Å²) in [4.78, 5) is 0. The molecule has 2 heterocycles. The molecule has 96 valence electrons. The fourth-order valence-corrected chi connectivity index (χ4v) is 2.32. The van der Waals surface area contributed by atoms with Gasteiger partial charge in [-0.3, -0.25) is 0 Å². The maximum atomic E-state index is 12.8. The third-order valence-corrected chi connectivity index (χ3v) is 3.44. The molecule has 6 heteroatoms. The van der Waals surface area contributed by atoms with Gasteiger partial charge in [-0.05, 0) is 36.4 Å². The monoisotopic (exact) mass is 275 g/mol. The first-order chi connectivity index (χ1) is 9.31. The maximum absolute atomic E-state index is 12.8. The van der Waals surface area contributed by atoms with Crippen LogP contribution >= 0.6 is 11.3 Å². The van der Waals surface area contributed by atoms with Crippen LogP contribution in [0.3, 0.4) is 0 Å². The van der Waals surface area contributed by atoms with Crippen molar-refractivity contribution in [3.8, 4) is 10.6 Å². The van der Waals surface area contributed by atoms with Crippen LogP contribution in [0.4, 0.5) is 9.52 Å². The van der Waals surface area contributed by atoms with Crippen LogP contribution in [0.15, 0.2) is 47.1 Å². The minimum atomic E-state index is -0.260. The summed E-state index contributed by atoms with van der Waals surface area (Å²) < 4.78 is 18.0. The van der Waals surface area contributed by atoms with Crippen molar-refractivity contribution in [1.29, 1.82) is 0 Å². The van der Waals surface area contributed by atoms with E-state index < -0.39 is 0 Å². The van der Waals surface area contributed by atoms with E-state index in [1.165, 1.54) is 23.5 Å². The molecule has 0 amide bonds. The standard InChI is InChI=1S/C13H10FN3OS/c14-10-5-3-9(4-6-10)12-16-17-13(19-12)15-8-11-2-1-7-18-11/h1-7H,8H2,(H,15,17). The van der Waals surface area contributed by atoms with Gasteiger partial charge in [0.05, 0.1) is 12.8 Å². The zero-order valence-electron chi connectivity index (χ0n) is 9.84. The van der Waals surface area contributed by atoms with Crippen LogP contribution in [-0.4, -0.2) is 10.2 Å². The molecule has 0 saturated carbocycles. The van der Waals surface area contributed by atoms with Gasteiger partial charge in [0.25, 0.3) is 0 Å². The first-order valence-corrected chi connectivity index (χ1v) is 6.48. The first-order valence-electron chi connectivity index (χ1n) is 5.67. The average Bonchev–Trinajstić information content (AvgIpc) is 3.09. The molecule has 3 rings (SSSR count). The van der Waals surface area contributed by atoms with Gasteiger partial charge < -0.3 is 9.73 Å². The van der Waals surface area contributed by atoms with E-state index in [0.717, 1.165) is 16.3 Å². The Kier molecular flexibility index (Phi) is 3.24. The molecule has 0 fully saturated rings. The topological polar surface area (TPSA) is 51.0 Å². The van der Waals surface area contributed by atoms with Crippen LogP contribution in [-0.2, 0) is 6.54 Å². The van der Waals surface area contributed by atoms with Gasteiger partial charge in [-0.1, -0.05) is 11.3 Å². The number of anilines is 1. The van der Waals surface area contributed by atoms with Crippen LogP contribution in [0.5, 0.6) is 0 Å². The fraction of sp³-hybridized carbons (Fsp3) is 0.0769. The number of nitrogens with zero attached hydrogens (tertiary/aromatic N) is 2. The van der Waals surface area contributed by atoms with Gasteiger partial charge in [-0.15, -0.1) is 10.2 Å². The van der Waals surface area contributed by atoms with Crippen molar-refractivity contribution in [3.05, 3.63) is 54.2 Å². The van der Waals surface area contributed by atoms with E-state index >= 15 is 0 Å². The highest BCUT2D eigenvalue weighted by Gasteiger charge is 2.07. The maximum Gasteiger partial charge on any atom is 0.206 e. The van der Waals surface area contributed by atoms with Crippen molar-refractivity contribution in [2.75, 3.05) is 5.32 Å². The van der Waals surface area contributed by atoms with Crippen molar-refractivity contribution in [2.45, 2.75) is 6.54 Å². The van der Waals surface area contributed by atoms with E-state index in [1.54, 1.807) is 18.4 Å². The van der Waals surface area contributed by atoms with E-state index in [4.69, 9.17) is 4.42 Å². The van der Waals surface area contributed by atoms with Gasteiger partial charge in [0, 0.05) is 5.56 Å². The van der Waals surface area contributed by atoms with E-state index in [9.17, 15) is 4.39 Å². The SMILES string of the molecule is Fc1ccc(-c2nnc(NCc3ccco3)s2)cc1. The normalized spacial score (nSPS) is 10.6. The molecule has 2 aromatic heterocycles. The van der Waals surface area contributed by atoms with Crippen LogP contribution in [0.25, 0.3) is 10.6 Å². The van der Waals surface area contributed by atoms with Crippen LogP contribution in [0.2, 0.25) is 0 Å². The summed E-state index contributed by atoms with van der Waals surface area (Å²) >= 11 is 1.42. The summed E-state index contributed by atoms with van der Waals surface area (Å²) in [6.07, 6.45) is 1.63. The summed E-state index contributed by atoms with van der Waals surface area (Å²) in [6.45, 7) is 0.561. The van der Waals surface area contributed by atoms with Gasteiger partial charge in [0.15, 0.2) is 0 Å². The summed E-state index contributed by atoms with van der Waals surface area (Å²) in [5.74, 6) is 0.572. The summed E-state index contributed by atoms with van der Waals surface area (Å²) in [7, 11) is 0. The number of halogens is 1. The molecule has 0 unspecified atom stereocenters. The second-order valence-corrected chi connectivity index (χ2v) is 4.83. The number of hydrogen-bond donors (Lipinski definition) is 1. The third kappa shape index (κ3) is 2.79. The summed E-state index contributed by atoms with van der Waals surface area (Å²) in [6, 6.07) is 9.91. The van der Waals surface area contributed by atoms with E-state index in [2.05, 4.69) is 15.5 Å². The highest BCUT2D eigenvalue weighted by Crippen LogP contribution is 2.26. The molecule has 0 aliphatic rings. The Bertz CT molecular complexity index is 649. The molecule has 0 saturated heterocycles.